The van der Waals surface area contributed by atoms with Crippen molar-refractivity contribution in [3.63, 3.8) is 0 Å². The Bertz CT molecular complexity index is 2020. The van der Waals surface area contributed by atoms with Gasteiger partial charge in [-0.15, -0.1) is 0 Å². The van der Waals surface area contributed by atoms with Crippen molar-refractivity contribution in [2.45, 2.75) is 12.5 Å². The van der Waals surface area contributed by atoms with E-state index in [2.05, 4.69) is 0 Å². The van der Waals surface area contributed by atoms with Gasteiger partial charge in [-0.3, -0.25) is 9.59 Å². The van der Waals surface area contributed by atoms with Crippen LogP contribution in [-0.2, 0) is 0 Å². The smallest absolute Gasteiger partial charge is 0.197 e. The highest BCUT2D eigenvalue weighted by Crippen LogP contribution is 2.49. The normalized spacial score (nSPS) is 14.5. The Morgan fingerprint density at radius 2 is 1.40 bits per heavy atom. The van der Waals surface area contributed by atoms with Gasteiger partial charge in [-0.1, -0.05) is 0 Å². The van der Waals surface area contributed by atoms with E-state index in [-0.39, 0.29) is 56.9 Å². The van der Waals surface area contributed by atoms with Gasteiger partial charge in [0, 0.05) is 35.4 Å². The van der Waals surface area contributed by atoms with E-state index in [4.69, 9.17) is 9.15 Å². The number of phenolic OH excluding ortho intramolecular Hbond substituents is 8. The number of phenols is 8. The van der Waals surface area contributed by atoms with Crippen molar-refractivity contribution in [1.82, 2.24) is 0 Å². The fourth-order valence-corrected chi connectivity index (χ4v) is 5.01. The van der Waals surface area contributed by atoms with Gasteiger partial charge in [-0.05, 0) is 35.9 Å². The molecular formula is C30H20O12. The molecule has 42 heavy (non-hydrogen) atoms. The van der Waals surface area contributed by atoms with Crippen molar-refractivity contribution in [2.75, 3.05) is 0 Å². The Kier molecular flexibility index (Phi) is 5.78. The predicted molar refractivity (Wildman–Crippen MR) is 145 cm³/mol. The molecule has 0 amide bonds. The average Bonchev–Trinajstić information content (AvgIpc) is 2.91. The van der Waals surface area contributed by atoms with E-state index in [0.717, 1.165) is 42.5 Å². The van der Waals surface area contributed by atoms with Crippen molar-refractivity contribution < 1.29 is 54.8 Å². The highest BCUT2D eigenvalue weighted by atomic mass is 16.5. The maximum atomic E-state index is 13.1. The molecule has 212 valence electrons. The van der Waals surface area contributed by atoms with Crippen LogP contribution in [0.5, 0.6) is 51.7 Å². The van der Waals surface area contributed by atoms with E-state index < -0.39 is 63.1 Å². The first-order valence-corrected chi connectivity index (χ1v) is 12.3. The average molecular weight is 572 g/mol. The molecule has 12 heteroatoms. The lowest BCUT2D eigenvalue weighted by atomic mass is 9.92. The zero-order valence-electron chi connectivity index (χ0n) is 21.2. The van der Waals surface area contributed by atoms with Gasteiger partial charge >= 0.3 is 0 Å². The van der Waals surface area contributed by atoms with Gasteiger partial charge in [-0.2, -0.15) is 0 Å². The number of benzene rings is 4. The summed E-state index contributed by atoms with van der Waals surface area (Å²) in [6.07, 6.45) is -1.38. The van der Waals surface area contributed by atoms with Gasteiger partial charge in [-0.25, -0.2) is 0 Å². The zero-order chi connectivity index (χ0) is 30.0. The molecule has 1 atom stereocenters. The molecule has 0 bridgehead atoms. The van der Waals surface area contributed by atoms with Gasteiger partial charge < -0.3 is 50.0 Å². The van der Waals surface area contributed by atoms with E-state index in [9.17, 15) is 50.4 Å². The summed E-state index contributed by atoms with van der Waals surface area (Å²) in [5.41, 5.74) is -1.57. The van der Waals surface area contributed by atoms with Gasteiger partial charge in [0.2, 0.25) is 0 Å². The fraction of sp³-hybridized carbons (Fsp3) is 0.0667. The molecule has 1 aliphatic heterocycles. The number of carbonyl (C=O) groups is 1. The molecule has 2 heterocycles. The Balaban J connectivity index is 1.56. The molecular weight excluding hydrogens is 552 g/mol. The van der Waals surface area contributed by atoms with Crippen LogP contribution in [0.15, 0.2) is 63.8 Å². The van der Waals surface area contributed by atoms with E-state index in [1.165, 1.54) is 12.1 Å². The number of carbonyl (C=O) groups excluding carboxylic acids is 1. The second-order valence-electron chi connectivity index (χ2n) is 9.68. The second kappa shape index (κ2) is 9.27. The van der Waals surface area contributed by atoms with Crippen molar-refractivity contribution in [3.8, 4) is 74.2 Å². The zero-order valence-corrected chi connectivity index (χ0v) is 21.2. The molecule has 0 radical (unpaired) electrons. The minimum Gasteiger partial charge on any atom is -0.508 e. The number of aromatic hydroxyl groups is 8. The highest BCUT2D eigenvalue weighted by molar-refractivity contribution is 6.03. The highest BCUT2D eigenvalue weighted by Gasteiger charge is 2.32. The molecule has 1 unspecified atom stereocenters. The van der Waals surface area contributed by atoms with Crippen LogP contribution in [0.25, 0.3) is 33.4 Å². The topological polar surface area (TPSA) is 218 Å². The standard InChI is InChI=1S/C30H20O12/c31-13-6-17(34)27-20(37)9-24(41-25(27)7-13)12-3-14(29(40)22(39)5-12)26-18(35)8-19(36)28-21(38)10-23(42-30(26)28)11-1-2-15(32)16(33)4-11/h1-8,10,24,31-36,39-40H,9H2. The summed E-state index contributed by atoms with van der Waals surface area (Å²) in [7, 11) is 0. The molecule has 4 aromatic carbocycles. The number of fused-ring (bicyclic) bond motifs is 2. The van der Waals surface area contributed by atoms with Gasteiger partial charge in [0.05, 0.1) is 12.0 Å². The van der Waals surface area contributed by atoms with Crippen LogP contribution < -0.4 is 10.2 Å². The van der Waals surface area contributed by atoms with Crippen molar-refractivity contribution >= 4 is 16.8 Å². The van der Waals surface area contributed by atoms with E-state index in [1.54, 1.807) is 0 Å². The molecule has 1 aliphatic rings. The summed E-state index contributed by atoms with van der Waals surface area (Å²) in [6, 6.07) is 10.0. The second-order valence-corrected chi connectivity index (χ2v) is 9.68. The van der Waals surface area contributed by atoms with Gasteiger partial charge in [0.15, 0.2) is 39.8 Å². The first-order chi connectivity index (χ1) is 19.9. The molecule has 12 nitrogen and oxygen atoms in total. The number of Topliss-reactive ketones (excluding diaryl/α,β-unsaturated/α-hetero) is 1. The molecule has 0 aliphatic carbocycles. The molecule has 5 aromatic rings. The van der Waals surface area contributed by atoms with Crippen molar-refractivity contribution in [3.05, 3.63) is 75.9 Å². The minimum absolute atomic E-state index is 0.117. The molecule has 0 spiro atoms. The Labute approximate surface area is 234 Å². The third-order valence-corrected chi connectivity index (χ3v) is 6.96. The Morgan fingerprint density at radius 1 is 0.667 bits per heavy atom. The lowest BCUT2D eigenvalue weighted by Crippen LogP contribution is -2.20. The molecule has 6 rings (SSSR count). The predicted octanol–water partition coefficient (Wildman–Crippen LogP) is 4.48. The summed E-state index contributed by atoms with van der Waals surface area (Å²) in [4.78, 5) is 25.9. The lowest BCUT2D eigenvalue weighted by Gasteiger charge is -2.27. The fourth-order valence-electron chi connectivity index (χ4n) is 5.01. The summed E-state index contributed by atoms with van der Waals surface area (Å²) in [5, 5.41) is 82.0. The van der Waals surface area contributed by atoms with E-state index >= 15 is 0 Å². The van der Waals surface area contributed by atoms with Crippen LogP contribution in [0.4, 0.5) is 0 Å². The summed E-state index contributed by atoms with van der Waals surface area (Å²) in [5.74, 6) is -5.27. The minimum atomic E-state index is -1.08. The Morgan fingerprint density at radius 3 is 2.14 bits per heavy atom. The number of hydrogen-bond donors (Lipinski definition) is 8. The quantitative estimate of drug-likeness (QED) is 0.140. The largest absolute Gasteiger partial charge is 0.508 e. The van der Waals surface area contributed by atoms with E-state index in [0.29, 0.717) is 0 Å². The lowest BCUT2D eigenvalue weighted by molar-refractivity contribution is 0.0844. The number of rotatable bonds is 3. The van der Waals surface area contributed by atoms with Crippen molar-refractivity contribution in [2.24, 2.45) is 0 Å². The SMILES string of the molecule is O=C1CC(c2cc(O)c(O)c(-c3c(O)cc(O)c4c(=O)cc(-c5ccc(O)c(O)c5)oc34)c2)Oc2cc(O)cc(O)c21. The van der Waals surface area contributed by atoms with Crippen LogP contribution in [0, 0.1) is 0 Å². The third-order valence-electron chi connectivity index (χ3n) is 6.96. The number of ketones is 1. The van der Waals surface area contributed by atoms with Gasteiger partial charge in [0.25, 0.3) is 0 Å². The molecule has 0 saturated carbocycles. The van der Waals surface area contributed by atoms with Crippen LogP contribution in [0.1, 0.15) is 28.4 Å². The van der Waals surface area contributed by atoms with E-state index in [1.807, 2.05) is 0 Å². The summed E-state index contributed by atoms with van der Waals surface area (Å²) >= 11 is 0. The molecule has 8 N–H and O–H groups in total. The summed E-state index contributed by atoms with van der Waals surface area (Å²) < 4.78 is 11.7. The van der Waals surface area contributed by atoms with Crippen molar-refractivity contribution in [1.29, 1.82) is 0 Å². The molecule has 1 aromatic heterocycles. The Hall–Kier alpha value is -6.04. The van der Waals surface area contributed by atoms with Crippen LogP contribution >= 0.6 is 0 Å². The summed E-state index contributed by atoms with van der Waals surface area (Å²) in [6.45, 7) is 0. The van der Waals surface area contributed by atoms with Crippen LogP contribution in [0.3, 0.4) is 0 Å². The first-order valence-electron chi connectivity index (χ1n) is 12.3. The maximum Gasteiger partial charge on any atom is 0.197 e. The third kappa shape index (κ3) is 4.09. The molecule has 0 fully saturated rings. The number of hydrogen-bond acceptors (Lipinski definition) is 12. The van der Waals surface area contributed by atoms with Crippen LogP contribution in [-0.4, -0.2) is 46.6 Å². The molecule has 0 saturated heterocycles. The first kappa shape index (κ1) is 26.2. The van der Waals surface area contributed by atoms with Crippen LogP contribution in [0.2, 0.25) is 0 Å². The monoisotopic (exact) mass is 572 g/mol. The van der Waals surface area contributed by atoms with Gasteiger partial charge in [0.1, 0.15) is 51.6 Å². The maximum absolute atomic E-state index is 13.1. The number of ether oxygens (including phenoxy) is 1.